The van der Waals surface area contributed by atoms with E-state index in [1.54, 1.807) is 44.6 Å². The third kappa shape index (κ3) is 5.40. The third-order valence-corrected chi connectivity index (χ3v) is 7.27. The molecule has 33 heavy (non-hydrogen) atoms. The summed E-state index contributed by atoms with van der Waals surface area (Å²) in [7, 11) is 0.811. The second-order valence-corrected chi connectivity index (χ2v) is 9.69. The van der Waals surface area contributed by atoms with E-state index in [1.165, 1.54) is 31.3 Å². The number of anilines is 1. The summed E-state index contributed by atoms with van der Waals surface area (Å²) in [6.45, 7) is 1.86. The molecule has 0 unspecified atom stereocenters. The number of hydrogen-bond acceptors (Lipinski definition) is 5. The lowest BCUT2D eigenvalue weighted by atomic mass is 10.1. The highest BCUT2D eigenvalue weighted by Crippen LogP contribution is 2.30. The van der Waals surface area contributed by atoms with Gasteiger partial charge in [0.1, 0.15) is 0 Å². The second kappa shape index (κ2) is 10.1. The van der Waals surface area contributed by atoms with E-state index in [-0.39, 0.29) is 16.8 Å². The Morgan fingerprint density at radius 1 is 0.939 bits per heavy atom. The van der Waals surface area contributed by atoms with Crippen LogP contribution in [0, 0.1) is 0 Å². The summed E-state index contributed by atoms with van der Waals surface area (Å²) >= 11 is 5.85. The first-order chi connectivity index (χ1) is 15.7. The molecule has 0 radical (unpaired) electrons. The number of halogens is 1. The fraction of sp³-hybridized carbons (Fsp3) is 0.208. The van der Waals surface area contributed by atoms with Crippen LogP contribution in [0.25, 0.3) is 0 Å². The van der Waals surface area contributed by atoms with Crippen LogP contribution in [0.15, 0.2) is 71.6 Å². The first-order valence-electron chi connectivity index (χ1n) is 10.0. The molecule has 3 rings (SSSR count). The molecule has 0 aliphatic rings. The van der Waals surface area contributed by atoms with Crippen molar-refractivity contribution in [1.82, 2.24) is 5.32 Å². The average Bonchev–Trinajstić information content (AvgIpc) is 2.83. The van der Waals surface area contributed by atoms with Gasteiger partial charge in [-0.25, -0.2) is 8.42 Å². The topological polar surface area (TPSA) is 84.9 Å². The fourth-order valence-electron chi connectivity index (χ4n) is 3.21. The Hall–Kier alpha value is -3.23. The first-order valence-corrected chi connectivity index (χ1v) is 11.9. The van der Waals surface area contributed by atoms with Crippen molar-refractivity contribution in [2.24, 2.45) is 0 Å². The van der Waals surface area contributed by atoms with Crippen LogP contribution in [-0.2, 0) is 10.0 Å². The number of sulfonamides is 1. The minimum absolute atomic E-state index is 0.125. The van der Waals surface area contributed by atoms with Crippen LogP contribution in [0.3, 0.4) is 0 Å². The van der Waals surface area contributed by atoms with Gasteiger partial charge in [0.2, 0.25) is 0 Å². The Kier molecular flexibility index (Phi) is 7.50. The molecular weight excluding hydrogens is 464 g/mol. The van der Waals surface area contributed by atoms with E-state index in [1.807, 2.05) is 19.1 Å². The van der Waals surface area contributed by atoms with Crippen molar-refractivity contribution in [3.05, 3.63) is 82.9 Å². The number of nitrogens with zero attached hydrogens (tertiary/aromatic N) is 1. The van der Waals surface area contributed by atoms with Crippen molar-refractivity contribution in [1.29, 1.82) is 0 Å². The Labute approximate surface area is 198 Å². The summed E-state index contributed by atoms with van der Waals surface area (Å²) in [6.07, 6.45) is 0. The summed E-state index contributed by atoms with van der Waals surface area (Å²) in [6, 6.07) is 17.4. The molecule has 0 heterocycles. The van der Waals surface area contributed by atoms with Crippen molar-refractivity contribution in [2.45, 2.75) is 17.9 Å². The van der Waals surface area contributed by atoms with Gasteiger partial charge < -0.3 is 14.8 Å². The number of hydrogen-bond donors (Lipinski definition) is 1. The van der Waals surface area contributed by atoms with Crippen LogP contribution in [0.1, 0.15) is 28.9 Å². The maximum Gasteiger partial charge on any atom is 0.264 e. The molecule has 0 saturated carbocycles. The average molecular weight is 489 g/mol. The molecule has 1 N–H and O–H groups in total. The van der Waals surface area contributed by atoms with E-state index < -0.39 is 10.0 Å². The van der Waals surface area contributed by atoms with Gasteiger partial charge in [-0.15, -0.1) is 0 Å². The normalized spacial score (nSPS) is 12.0. The molecule has 0 aliphatic carbocycles. The van der Waals surface area contributed by atoms with E-state index in [9.17, 15) is 13.2 Å². The zero-order valence-electron chi connectivity index (χ0n) is 18.7. The molecule has 3 aromatic carbocycles. The van der Waals surface area contributed by atoms with E-state index >= 15 is 0 Å². The molecule has 0 bridgehead atoms. The van der Waals surface area contributed by atoms with Crippen LogP contribution < -0.4 is 19.1 Å². The minimum Gasteiger partial charge on any atom is -0.493 e. The first kappa shape index (κ1) is 24.4. The number of benzene rings is 3. The predicted molar refractivity (Wildman–Crippen MR) is 129 cm³/mol. The number of carbonyl (C=O) groups is 1. The maximum atomic E-state index is 12.8. The second-order valence-electron chi connectivity index (χ2n) is 7.28. The van der Waals surface area contributed by atoms with Gasteiger partial charge in [0.25, 0.3) is 15.9 Å². The van der Waals surface area contributed by atoms with Crippen LogP contribution in [0.5, 0.6) is 11.5 Å². The highest BCUT2D eigenvalue weighted by Gasteiger charge is 2.22. The van der Waals surface area contributed by atoms with Gasteiger partial charge in [0.05, 0.1) is 30.8 Å². The molecule has 9 heteroatoms. The monoisotopic (exact) mass is 488 g/mol. The van der Waals surface area contributed by atoms with Crippen LogP contribution in [0.4, 0.5) is 5.69 Å². The summed E-state index contributed by atoms with van der Waals surface area (Å²) < 4.78 is 37.4. The quantitative estimate of drug-likeness (QED) is 0.498. The van der Waals surface area contributed by atoms with E-state index in [0.29, 0.717) is 27.8 Å². The molecule has 3 aromatic rings. The van der Waals surface area contributed by atoms with Gasteiger partial charge in [-0.05, 0) is 73.2 Å². The van der Waals surface area contributed by atoms with Crippen molar-refractivity contribution in [3.8, 4) is 11.5 Å². The molecule has 0 fully saturated rings. The zero-order valence-corrected chi connectivity index (χ0v) is 20.3. The number of ether oxygens (including phenoxy) is 2. The van der Waals surface area contributed by atoms with Crippen molar-refractivity contribution >= 4 is 33.2 Å². The maximum absolute atomic E-state index is 12.8. The number of rotatable bonds is 8. The largest absolute Gasteiger partial charge is 0.493 e. The number of methoxy groups -OCH3 is 2. The predicted octanol–water partition coefficient (Wildman–Crippen LogP) is 4.67. The Balaban J connectivity index is 1.73. The van der Waals surface area contributed by atoms with Gasteiger partial charge >= 0.3 is 0 Å². The molecule has 0 aromatic heterocycles. The summed E-state index contributed by atoms with van der Waals surface area (Å²) in [5.74, 6) is 0.894. The Morgan fingerprint density at radius 2 is 1.55 bits per heavy atom. The molecular formula is C24H25ClN2O5S. The van der Waals surface area contributed by atoms with Crippen molar-refractivity contribution in [2.75, 3.05) is 25.6 Å². The van der Waals surface area contributed by atoms with Gasteiger partial charge in [-0.3, -0.25) is 9.10 Å². The van der Waals surface area contributed by atoms with E-state index in [0.717, 1.165) is 9.87 Å². The molecule has 7 nitrogen and oxygen atoms in total. The van der Waals surface area contributed by atoms with Crippen LogP contribution in [-0.4, -0.2) is 35.6 Å². The summed E-state index contributed by atoms with van der Waals surface area (Å²) in [5, 5.41) is 3.38. The van der Waals surface area contributed by atoms with Crippen LogP contribution in [0.2, 0.25) is 5.02 Å². The lowest BCUT2D eigenvalue weighted by Crippen LogP contribution is -2.28. The number of nitrogens with one attached hydrogen (secondary N) is 1. The standard InChI is InChI=1S/C24H25ClN2O5S/c1-16(18-7-14-22(31-3)23(15-18)32-4)26-24(28)17-5-10-20(11-6-17)27(2)33(29,30)21-12-8-19(25)9-13-21/h5-16H,1-4H3,(H,26,28)/t16-/m0/s1. The smallest absolute Gasteiger partial charge is 0.264 e. The molecule has 1 amide bonds. The Morgan fingerprint density at radius 3 is 2.12 bits per heavy atom. The van der Waals surface area contributed by atoms with Crippen LogP contribution >= 0.6 is 11.6 Å². The van der Waals surface area contributed by atoms with Gasteiger partial charge in [-0.1, -0.05) is 17.7 Å². The number of carbonyl (C=O) groups excluding carboxylic acids is 1. The Bertz CT molecular complexity index is 1230. The lowest BCUT2D eigenvalue weighted by molar-refractivity contribution is 0.0940. The molecule has 0 spiro atoms. The third-order valence-electron chi connectivity index (χ3n) is 5.22. The van der Waals surface area contributed by atoms with Gasteiger partial charge in [-0.2, -0.15) is 0 Å². The SMILES string of the molecule is COc1ccc([C@H](C)NC(=O)c2ccc(N(C)S(=O)(=O)c3ccc(Cl)cc3)cc2)cc1OC. The van der Waals surface area contributed by atoms with Crippen molar-refractivity contribution < 1.29 is 22.7 Å². The summed E-state index contributed by atoms with van der Waals surface area (Å²) in [4.78, 5) is 12.9. The minimum atomic E-state index is -3.76. The van der Waals surface area contributed by atoms with E-state index in [2.05, 4.69) is 5.32 Å². The molecule has 174 valence electrons. The highest BCUT2D eigenvalue weighted by atomic mass is 35.5. The highest BCUT2D eigenvalue weighted by molar-refractivity contribution is 7.92. The fourth-order valence-corrected chi connectivity index (χ4v) is 4.53. The lowest BCUT2D eigenvalue weighted by Gasteiger charge is -2.20. The summed E-state index contributed by atoms with van der Waals surface area (Å²) in [5.41, 5.74) is 1.68. The zero-order chi connectivity index (χ0) is 24.2. The molecule has 1 atom stereocenters. The molecule has 0 aliphatic heterocycles. The molecule has 0 saturated heterocycles. The van der Waals surface area contributed by atoms with Crippen molar-refractivity contribution in [3.63, 3.8) is 0 Å². The number of amides is 1. The van der Waals surface area contributed by atoms with Gasteiger partial charge in [0, 0.05) is 17.6 Å². The van der Waals surface area contributed by atoms with E-state index in [4.69, 9.17) is 21.1 Å². The van der Waals surface area contributed by atoms with Gasteiger partial charge in [0.15, 0.2) is 11.5 Å².